The number of aromatic nitrogens is 2. The zero-order chi connectivity index (χ0) is 14.5. The van der Waals surface area contributed by atoms with E-state index in [0.717, 1.165) is 5.56 Å². The topological polar surface area (TPSA) is 84.2 Å². The summed E-state index contributed by atoms with van der Waals surface area (Å²) in [7, 11) is 1.74. The van der Waals surface area contributed by atoms with E-state index in [1.165, 1.54) is 6.20 Å². The first-order valence-corrected chi connectivity index (χ1v) is 6.15. The maximum absolute atomic E-state index is 11.9. The predicted molar refractivity (Wildman–Crippen MR) is 73.6 cm³/mol. The summed E-state index contributed by atoms with van der Waals surface area (Å²) in [5, 5.41) is 15.3. The molecule has 0 saturated carbocycles. The number of aliphatic carboxylic acids is 1. The van der Waals surface area contributed by atoms with Crippen LogP contribution in [0.5, 0.6) is 0 Å². The SMILES string of the molecule is Cn1cc(C(=O)Nc2ccc(CCC(=O)O)cc2)cn1. The second kappa shape index (κ2) is 6.01. The summed E-state index contributed by atoms with van der Waals surface area (Å²) in [6.07, 6.45) is 3.71. The van der Waals surface area contributed by atoms with Crippen molar-refractivity contribution in [1.82, 2.24) is 9.78 Å². The van der Waals surface area contributed by atoms with E-state index in [9.17, 15) is 9.59 Å². The molecule has 6 heteroatoms. The summed E-state index contributed by atoms with van der Waals surface area (Å²) in [6.45, 7) is 0. The van der Waals surface area contributed by atoms with Crippen LogP contribution >= 0.6 is 0 Å². The van der Waals surface area contributed by atoms with E-state index < -0.39 is 5.97 Å². The maximum atomic E-state index is 11.9. The highest BCUT2D eigenvalue weighted by Gasteiger charge is 2.08. The van der Waals surface area contributed by atoms with Gasteiger partial charge in [-0.1, -0.05) is 12.1 Å². The third-order valence-corrected chi connectivity index (χ3v) is 2.81. The van der Waals surface area contributed by atoms with Crippen LogP contribution in [-0.4, -0.2) is 26.8 Å². The molecule has 2 aromatic rings. The number of carboxylic acids is 1. The molecule has 1 heterocycles. The largest absolute Gasteiger partial charge is 0.481 e. The zero-order valence-corrected chi connectivity index (χ0v) is 11.0. The first-order chi connectivity index (χ1) is 9.54. The smallest absolute Gasteiger partial charge is 0.303 e. The number of amides is 1. The van der Waals surface area contributed by atoms with Crippen molar-refractivity contribution in [3.05, 3.63) is 47.8 Å². The summed E-state index contributed by atoms with van der Waals surface area (Å²) >= 11 is 0. The van der Waals surface area contributed by atoms with Gasteiger partial charge in [-0.25, -0.2) is 0 Å². The Bertz CT molecular complexity index is 617. The lowest BCUT2D eigenvalue weighted by molar-refractivity contribution is -0.136. The Labute approximate surface area is 116 Å². The number of anilines is 1. The monoisotopic (exact) mass is 273 g/mol. The maximum Gasteiger partial charge on any atom is 0.303 e. The van der Waals surface area contributed by atoms with Crippen LogP contribution in [0.4, 0.5) is 5.69 Å². The highest BCUT2D eigenvalue weighted by molar-refractivity contribution is 6.03. The minimum Gasteiger partial charge on any atom is -0.481 e. The summed E-state index contributed by atoms with van der Waals surface area (Å²) in [5.41, 5.74) is 2.08. The van der Waals surface area contributed by atoms with Crippen LogP contribution in [0.15, 0.2) is 36.7 Å². The van der Waals surface area contributed by atoms with E-state index in [4.69, 9.17) is 5.11 Å². The van der Waals surface area contributed by atoms with Gasteiger partial charge in [0.05, 0.1) is 11.8 Å². The van der Waals surface area contributed by atoms with E-state index in [2.05, 4.69) is 10.4 Å². The van der Waals surface area contributed by atoms with Crippen LogP contribution in [0.3, 0.4) is 0 Å². The molecule has 6 nitrogen and oxygen atoms in total. The zero-order valence-electron chi connectivity index (χ0n) is 11.0. The van der Waals surface area contributed by atoms with Gasteiger partial charge in [0, 0.05) is 25.4 Å². The first kappa shape index (κ1) is 13.8. The molecule has 0 aliphatic heterocycles. The fraction of sp³-hybridized carbons (Fsp3) is 0.214. The first-order valence-electron chi connectivity index (χ1n) is 6.15. The number of aryl methyl sites for hydroxylation is 2. The van der Waals surface area contributed by atoms with Gasteiger partial charge in [0.2, 0.25) is 0 Å². The van der Waals surface area contributed by atoms with E-state index >= 15 is 0 Å². The molecule has 1 aromatic carbocycles. The third-order valence-electron chi connectivity index (χ3n) is 2.81. The van der Waals surface area contributed by atoms with Crippen molar-refractivity contribution in [3.8, 4) is 0 Å². The number of rotatable bonds is 5. The highest BCUT2D eigenvalue weighted by Crippen LogP contribution is 2.12. The van der Waals surface area contributed by atoms with Crippen LogP contribution < -0.4 is 5.32 Å². The Hall–Kier alpha value is -2.63. The molecule has 104 valence electrons. The molecule has 0 aliphatic carbocycles. The number of hydrogen-bond donors (Lipinski definition) is 2. The molecule has 0 radical (unpaired) electrons. The molecule has 0 unspecified atom stereocenters. The molecule has 2 rings (SSSR count). The van der Waals surface area contributed by atoms with E-state index in [0.29, 0.717) is 17.7 Å². The predicted octanol–water partition coefficient (Wildman–Crippen LogP) is 1.69. The lowest BCUT2D eigenvalue weighted by Crippen LogP contribution is -2.11. The Kier molecular flexibility index (Phi) is 4.14. The van der Waals surface area contributed by atoms with Crippen LogP contribution in [0.25, 0.3) is 0 Å². The second-order valence-corrected chi connectivity index (χ2v) is 4.45. The minimum absolute atomic E-state index is 0.0986. The highest BCUT2D eigenvalue weighted by atomic mass is 16.4. The summed E-state index contributed by atoms with van der Waals surface area (Å²) < 4.78 is 1.56. The van der Waals surface area contributed by atoms with Gasteiger partial charge >= 0.3 is 5.97 Å². The van der Waals surface area contributed by atoms with Crippen molar-refractivity contribution in [2.24, 2.45) is 7.05 Å². The third kappa shape index (κ3) is 3.68. The van der Waals surface area contributed by atoms with Gasteiger partial charge in [0.1, 0.15) is 0 Å². The quantitative estimate of drug-likeness (QED) is 0.868. The number of nitrogens with zero attached hydrogens (tertiary/aromatic N) is 2. The van der Waals surface area contributed by atoms with Gasteiger partial charge in [-0.2, -0.15) is 5.10 Å². The van der Waals surface area contributed by atoms with Crippen molar-refractivity contribution in [2.75, 3.05) is 5.32 Å². The molecule has 1 aromatic heterocycles. The average Bonchev–Trinajstić information content (AvgIpc) is 2.85. The molecule has 0 saturated heterocycles. The summed E-state index contributed by atoms with van der Waals surface area (Å²) in [6, 6.07) is 7.13. The lowest BCUT2D eigenvalue weighted by Gasteiger charge is -2.05. The van der Waals surface area contributed by atoms with Crippen LogP contribution in [0.1, 0.15) is 22.3 Å². The normalized spacial score (nSPS) is 10.2. The number of nitrogens with one attached hydrogen (secondary N) is 1. The van der Waals surface area contributed by atoms with Gasteiger partial charge in [-0.15, -0.1) is 0 Å². The van der Waals surface area contributed by atoms with Gasteiger partial charge < -0.3 is 10.4 Å². The molecular weight excluding hydrogens is 258 g/mol. The molecule has 0 spiro atoms. The van der Waals surface area contributed by atoms with E-state index in [-0.39, 0.29) is 12.3 Å². The van der Waals surface area contributed by atoms with Gasteiger partial charge in [0.15, 0.2) is 0 Å². The number of benzene rings is 1. The summed E-state index contributed by atoms with van der Waals surface area (Å²) in [4.78, 5) is 22.4. The fourth-order valence-corrected chi connectivity index (χ4v) is 1.75. The number of carbonyl (C=O) groups is 2. The van der Waals surface area contributed by atoms with Gasteiger partial charge in [-0.05, 0) is 24.1 Å². The molecule has 0 atom stereocenters. The van der Waals surface area contributed by atoms with Crippen molar-refractivity contribution in [1.29, 1.82) is 0 Å². The Morgan fingerprint density at radius 2 is 2.00 bits per heavy atom. The van der Waals surface area contributed by atoms with Crippen LogP contribution in [-0.2, 0) is 18.3 Å². The standard InChI is InChI=1S/C14H15N3O3/c1-17-9-11(8-15-17)14(20)16-12-5-2-10(3-6-12)4-7-13(18)19/h2-3,5-6,8-9H,4,7H2,1H3,(H,16,20)(H,18,19). The number of carbonyl (C=O) groups excluding carboxylic acids is 1. The fourth-order valence-electron chi connectivity index (χ4n) is 1.75. The van der Waals surface area contributed by atoms with E-state index in [1.807, 2.05) is 12.1 Å². The van der Waals surface area contributed by atoms with Gasteiger partial charge in [-0.3, -0.25) is 14.3 Å². The Balaban J connectivity index is 1.96. The van der Waals surface area contributed by atoms with Gasteiger partial charge in [0.25, 0.3) is 5.91 Å². The molecule has 2 N–H and O–H groups in total. The molecule has 1 amide bonds. The van der Waals surface area contributed by atoms with E-state index in [1.54, 1.807) is 30.1 Å². The molecule has 0 aliphatic rings. The molecular formula is C14H15N3O3. The van der Waals surface area contributed by atoms with Crippen molar-refractivity contribution < 1.29 is 14.7 Å². The molecule has 0 bridgehead atoms. The number of hydrogen-bond acceptors (Lipinski definition) is 3. The van der Waals surface area contributed by atoms with Crippen molar-refractivity contribution in [2.45, 2.75) is 12.8 Å². The average molecular weight is 273 g/mol. The second-order valence-electron chi connectivity index (χ2n) is 4.45. The molecule has 0 fully saturated rings. The molecule has 20 heavy (non-hydrogen) atoms. The lowest BCUT2D eigenvalue weighted by atomic mass is 10.1. The Morgan fingerprint density at radius 1 is 1.30 bits per heavy atom. The van der Waals surface area contributed by atoms with Crippen molar-refractivity contribution in [3.63, 3.8) is 0 Å². The van der Waals surface area contributed by atoms with Crippen LogP contribution in [0, 0.1) is 0 Å². The van der Waals surface area contributed by atoms with Crippen molar-refractivity contribution >= 4 is 17.6 Å². The Morgan fingerprint density at radius 3 is 2.55 bits per heavy atom. The van der Waals surface area contributed by atoms with Crippen LogP contribution in [0.2, 0.25) is 0 Å². The summed E-state index contributed by atoms with van der Waals surface area (Å²) in [5.74, 6) is -1.05. The minimum atomic E-state index is -0.820. The number of carboxylic acid groups (broad SMARTS) is 1.